The highest BCUT2D eigenvalue weighted by Gasteiger charge is 2.22. The molecule has 210 valence electrons. The van der Waals surface area contributed by atoms with Crippen molar-refractivity contribution >= 4 is 65.7 Å². The molecule has 0 saturated heterocycles. The van der Waals surface area contributed by atoms with Crippen molar-refractivity contribution in [1.82, 2.24) is 14.5 Å². The average molecular weight is 578 g/mol. The number of para-hydroxylation sites is 4. The molecule has 0 atom stereocenters. The second kappa shape index (κ2) is 9.15. The van der Waals surface area contributed by atoms with E-state index in [-0.39, 0.29) is 0 Å². The second-order valence-electron chi connectivity index (χ2n) is 11.4. The Morgan fingerprint density at radius 3 is 1.84 bits per heavy atom. The average Bonchev–Trinajstić information content (AvgIpc) is 3.78. The van der Waals surface area contributed by atoms with Crippen LogP contribution in [0.1, 0.15) is 0 Å². The summed E-state index contributed by atoms with van der Waals surface area (Å²) in [6.07, 6.45) is 0. The highest BCUT2D eigenvalue weighted by molar-refractivity contribution is 6.21. The maximum Gasteiger partial charge on any atom is 0.235 e. The zero-order valence-electron chi connectivity index (χ0n) is 23.9. The van der Waals surface area contributed by atoms with Crippen molar-refractivity contribution in [3.8, 4) is 28.5 Å². The predicted molar refractivity (Wildman–Crippen MR) is 182 cm³/mol. The first-order chi connectivity index (χ1) is 22.3. The number of aromatic nitrogens is 3. The summed E-state index contributed by atoms with van der Waals surface area (Å²) in [6, 6.07) is 47.7. The van der Waals surface area contributed by atoms with Crippen molar-refractivity contribution in [1.29, 1.82) is 0 Å². The third-order valence-electron chi connectivity index (χ3n) is 8.84. The number of benzene rings is 6. The molecule has 0 aliphatic carbocycles. The summed E-state index contributed by atoms with van der Waals surface area (Å²) < 4.78 is 15.2. The van der Waals surface area contributed by atoms with Crippen molar-refractivity contribution in [3.63, 3.8) is 0 Å². The van der Waals surface area contributed by atoms with E-state index in [1.54, 1.807) is 0 Å². The molecule has 0 spiro atoms. The minimum atomic E-state index is 0.568. The van der Waals surface area contributed by atoms with Crippen LogP contribution in [0.25, 0.3) is 94.1 Å². The highest BCUT2D eigenvalue weighted by Crippen LogP contribution is 2.41. The largest absolute Gasteiger partial charge is 0.455 e. The number of fused-ring (bicyclic) bond motifs is 10. The second-order valence-corrected chi connectivity index (χ2v) is 11.4. The molecule has 10 aromatic rings. The first-order valence-electron chi connectivity index (χ1n) is 15.0. The van der Waals surface area contributed by atoms with Crippen LogP contribution in [-0.2, 0) is 0 Å². The summed E-state index contributed by atoms with van der Waals surface area (Å²) in [5.41, 5.74) is 8.83. The van der Waals surface area contributed by atoms with E-state index < -0.39 is 0 Å². The smallest absolute Gasteiger partial charge is 0.235 e. The van der Waals surface area contributed by atoms with Gasteiger partial charge in [-0.3, -0.25) is 4.57 Å². The molecule has 4 heterocycles. The molecular weight excluding hydrogens is 554 g/mol. The first-order valence-corrected chi connectivity index (χ1v) is 15.0. The van der Waals surface area contributed by atoms with Crippen LogP contribution < -0.4 is 0 Å². The van der Waals surface area contributed by atoms with E-state index >= 15 is 0 Å². The molecule has 0 radical (unpaired) electrons. The van der Waals surface area contributed by atoms with E-state index in [1.165, 1.54) is 0 Å². The third kappa shape index (κ3) is 3.49. The van der Waals surface area contributed by atoms with Crippen LogP contribution in [0.2, 0.25) is 0 Å². The van der Waals surface area contributed by atoms with E-state index in [0.717, 1.165) is 88.2 Å². The summed E-state index contributed by atoms with van der Waals surface area (Å²) in [5, 5.41) is 6.50. The maximum absolute atomic E-state index is 6.59. The van der Waals surface area contributed by atoms with Gasteiger partial charge in [0.25, 0.3) is 0 Å². The van der Waals surface area contributed by atoms with Crippen LogP contribution in [0.3, 0.4) is 0 Å². The topological polar surface area (TPSA) is 57.0 Å². The quantitative estimate of drug-likeness (QED) is 0.210. The number of rotatable bonds is 3. The molecule has 0 N–H and O–H groups in total. The van der Waals surface area contributed by atoms with Crippen molar-refractivity contribution in [2.75, 3.05) is 0 Å². The van der Waals surface area contributed by atoms with Gasteiger partial charge in [-0.15, -0.1) is 0 Å². The van der Waals surface area contributed by atoms with Crippen molar-refractivity contribution < 1.29 is 8.83 Å². The Labute approximate surface area is 256 Å². The zero-order chi connectivity index (χ0) is 29.5. The lowest BCUT2D eigenvalue weighted by Crippen LogP contribution is -2.04. The molecule has 5 nitrogen and oxygen atoms in total. The number of hydrogen-bond acceptors (Lipinski definition) is 4. The van der Waals surface area contributed by atoms with Gasteiger partial charge >= 0.3 is 0 Å². The lowest BCUT2D eigenvalue weighted by atomic mass is 10.0. The van der Waals surface area contributed by atoms with Gasteiger partial charge < -0.3 is 8.83 Å². The lowest BCUT2D eigenvalue weighted by molar-refractivity contribution is 0.669. The first kappa shape index (κ1) is 24.3. The molecule has 6 aromatic carbocycles. The summed E-state index contributed by atoms with van der Waals surface area (Å²) >= 11 is 0. The van der Waals surface area contributed by atoms with Gasteiger partial charge in [0, 0.05) is 43.4 Å². The number of furan rings is 2. The standard InChI is InChI=1S/C40H23N3O2/c1-2-11-24(12-3-1)32-23-33(31-17-10-16-29-26-14-5-8-19-35(26)44-38(29)31)42-40(41-32)43-34-18-7-4-13-25(34)28-21-22-30-27-15-6-9-20-36(27)45-39(30)37(28)43/h1-23H. The van der Waals surface area contributed by atoms with Crippen molar-refractivity contribution in [3.05, 3.63) is 140 Å². The fourth-order valence-electron chi connectivity index (χ4n) is 6.82. The lowest BCUT2D eigenvalue weighted by Gasteiger charge is -2.12. The fourth-order valence-corrected chi connectivity index (χ4v) is 6.82. The molecule has 0 amide bonds. The Balaban J connectivity index is 1.34. The van der Waals surface area contributed by atoms with Gasteiger partial charge in [-0.2, -0.15) is 0 Å². The van der Waals surface area contributed by atoms with E-state index in [4.69, 9.17) is 18.8 Å². The normalized spacial score (nSPS) is 12.0. The molecule has 0 fully saturated rings. The highest BCUT2D eigenvalue weighted by atomic mass is 16.3. The van der Waals surface area contributed by atoms with Crippen molar-refractivity contribution in [2.45, 2.75) is 0 Å². The molecule has 0 aliphatic rings. The number of hydrogen-bond donors (Lipinski definition) is 0. The van der Waals surface area contributed by atoms with E-state index in [2.05, 4.69) is 95.6 Å². The molecular formula is C40H23N3O2. The zero-order valence-corrected chi connectivity index (χ0v) is 23.9. The molecule has 0 saturated carbocycles. The van der Waals surface area contributed by atoms with Crippen LogP contribution >= 0.6 is 0 Å². The van der Waals surface area contributed by atoms with Gasteiger partial charge in [-0.05, 0) is 36.4 Å². The summed E-state index contributed by atoms with van der Waals surface area (Å²) in [7, 11) is 0. The molecule has 5 heteroatoms. The summed E-state index contributed by atoms with van der Waals surface area (Å²) in [4.78, 5) is 10.5. The van der Waals surface area contributed by atoms with Crippen LogP contribution in [0.5, 0.6) is 0 Å². The maximum atomic E-state index is 6.59. The van der Waals surface area contributed by atoms with E-state index in [0.29, 0.717) is 5.95 Å². The van der Waals surface area contributed by atoms with Gasteiger partial charge in [-0.25, -0.2) is 9.97 Å². The molecule has 0 unspecified atom stereocenters. The van der Waals surface area contributed by atoms with Gasteiger partial charge in [0.2, 0.25) is 5.95 Å². The van der Waals surface area contributed by atoms with Crippen LogP contribution in [0.4, 0.5) is 0 Å². The van der Waals surface area contributed by atoms with Crippen LogP contribution in [-0.4, -0.2) is 14.5 Å². The number of nitrogens with zero attached hydrogens (tertiary/aromatic N) is 3. The summed E-state index contributed by atoms with van der Waals surface area (Å²) in [6.45, 7) is 0. The van der Waals surface area contributed by atoms with Gasteiger partial charge in [0.15, 0.2) is 5.58 Å². The van der Waals surface area contributed by atoms with Crippen molar-refractivity contribution in [2.24, 2.45) is 0 Å². The molecule has 45 heavy (non-hydrogen) atoms. The Kier molecular flexibility index (Phi) is 4.93. The van der Waals surface area contributed by atoms with E-state index in [9.17, 15) is 0 Å². The molecule has 4 aromatic heterocycles. The Morgan fingerprint density at radius 1 is 0.444 bits per heavy atom. The predicted octanol–water partition coefficient (Wildman–Crippen LogP) is 10.7. The molecule has 10 rings (SSSR count). The minimum Gasteiger partial charge on any atom is -0.455 e. The Hall–Kier alpha value is -6.20. The van der Waals surface area contributed by atoms with Crippen LogP contribution in [0.15, 0.2) is 148 Å². The van der Waals surface area contributed by atoms with Gasteiger partial charge in [-0.1, -0.05) is 103 Å². The summed E-state index contributed by atoms with van der Waals surface area (Å²) in [5.74, 6) is 0.568. The monoisotopic (exact) mass is 577 g/mol. The van der Waals surface area contributed by atoms with Gasteiger partial charge in [0.05, 0.1) is 16.9 Å². The fraction of sp³-hybridized carbons (Fsp3) is 0. The van der Waals surface area contributed by atoms with Crippen LogP contribution in [0, 0.1) is 0 Å². The molecule has 0 bridgehead atoms. The minimum absolute atomic E-state index is 0.568. The Morgan fingerprint density at radius 2 is 1.04 bits per heavy atom. The Bertz CT molecular complexity index is 2770. The van der Waals surface area contributed by atoms with E-state index in [1.807, 2.05) is 48.5 Å². The molecule has 0 aliphatic heterocycles. The third-order valence-corrected chi connectivity index (χ3v) is 8.84. The SMILES string of the molecule is c1ccc(-c2cc(-c3cccc4c3oc3ccccc34)nc(-n3c4ccccc4c4ccc5c6ccccc6oc5c43)n2)cc1. The van der Waals surface area contributed by atoms with Gasteiger partial charge in [0.1, 0.15) is 22.3 Å².